The average Bonchev–Trinajstić information content (AvgIpc) is 3.65. The molecule has 1 aromatic carbocycles. The molecule has 7 heteroatoms. The highest BCUT2D eigenvalue weighted by Gasteiger charge is 2.42. The normalized spacial score (nSPS) is 21.1. The number of hydrogen-bond donors (Lipinski definition) is 1. The van der Waals surface area contributed by atoms with Crippen LogP contribution in [0, 0.1) is 11.8 Å². The second kappa shape index (κ2) is 8.71. The van der Waals surface area contributed by atoms with E-state index in [2.05, 4.69) is 28.1 Å². The molecule has 1 aromatic heterocycles. The van der Waals surface area contributed by atoms with Crippen LogP contribution in [-0.2, 0) is 11.2 Å². The van der Waals surface area contributed by atoms with Gasteiger partial charge in [0.25, 0.3) is 0 Å². The van der Waals surface area contributed by atoms with Crippen molar-refractivity contribution in [2.24, 2.45) is 11.8 Å². The van der Waals surface area contributed by atoms with E-state index >= 15 is 0 Å². The van der Waals surface area contributed by atoms with Gasteiger partial charge in [-0.2, -0.15) is 0 Å². The molecule has 1 spiro atoms. The van der Waals surface area contributed by atoms with E-state index in [0.717, 1.165) is 68.6 Å². The zero-order valence-electron chi connectivity index (χ0n) is 19.2. The summed E-state index contributed by atoms with van der Waals surface area (Å²) < 4.78 is 12.0. The van der Waals surface area contributed by atoms with Crippen LogP contribution in [0.4, 0.5) is 5.69 Å². The van der Waals surface area contributed by atoms with Crippen LogP contribution >= 0.6 is 11.6 Å². The molecule has 2 aromatic rings. The molecule has 1 saturated heterocycles. The number of fused-ring (bicyclic) bond motifs is 1. The highest BCUT2D eigenvalue weighted by molar-refractivity contribution is 6.33. The molecule has 0 radical (unpaired) electrons. The Hall–Kier alpha value is -2.47. The monoisotopic (exact) mass is 470 g/mol. The van der Waals surface area contributed by atoms with Crippen molar-refractivity contribution in [1.29, 1.82) is 0 Å². The van der Waals surface area contributed by atoms with Crippen LogP contribution in [0.1, 0.15) is 56.1 Å². The lowest BCUT2D eigenvalue weighted by Crippen LogP contribution is -2.50. The molecule has 176 valence electrons. The van der Waals surface area contributed by atoms with Crippen molar-refractivity contribution in [2.45, 2.75) is 57.0 Å². The molecule has 3 aliphatic rings. The number of aromatic nitrogens is 1. The molecule has 3 heterocycles. The predicted molar refractivity (Wildman–Crippen MR) is 128 cm³/mol. The minimum Gasteiger partial charge on any atom is -0.487 e. The number of rotatable bonds is 6. The third kappa shape index (κ3) is 4.37. The van der Waals surface area contributed by atoms with E-state index in [9.17, 15) is 9.90 Å². The fourth-order valence-corrected chi connectivity index (χ4v) is 5.80. The summed E-state index contributed by atoms with van der Waals surface area (Å²) >= 11 is 6.42. The van der Waals surface area contributed by atoms with Crippen LogP contribution in [0.5, 0.6) is 11.6 Å². The maximum absolute atomic E-state index is 11.7. The van der Waals surface area contributed by atoms with E-state index < -0.39 is 11.9 Å². The first-order valence-electron chi connectivity index (χ1n) is 11.9. The van der Waals surface area contributed by atoms with E-state index in [-0.39, 0.29) is 11.5 Å². The lowest BCUT2D eigenvalue weighted by molar-refractivity contribution is -0.142. The van der Waals surface area contributed by atoms with E-state index in [1.807, 2.05) is 13.0 Å². The number of benzene rings is 1. The Morgan fingerprint density at radius 3 is 2.70 bits per heavy atom. The van der Waals surface area contributed by atoms with Crippen LogP contribution in [0.25, 0.3) is 0 Å². The Morgan fingerprint density at radius 2 is 2.03 bits per heavy atom. The van der Waals surface area contributed by atoms with Gasteiger partial charge in [-0.1, -0.05) is 30.7 Å². The van der Waals surface area contributed by atoms with Crippen LogP contribution in [0.2, 0.25) is 5.02 Å². The first-order chi connectivity index (χ1) is 15.9. The molecule has 1 saturated carbocycles. The Bertz CT molecular complexity index is 1050. The Morgan fingerprint density at radius 1 is 1.27 bits per heavy atom. The van der Waals surface area contributed by atoms with Gasteiger partial charge in [0.05, 0.1) is 29.9 Å². The fraction of sp³-hybridized carbons (Fsp3) is 0.538. The number of aryl methyl sites for hydroxylation is 1. The number of ether oxygens (including phenoxy) is 2. The molecule has 2 atom stereocenters. The van der Waals surface area contributed by atoms with E-state index in [0.29, 0.717) is 16.8 Å². The molecule has 5 rings (SSSR count). The number of carboxylic acids is 1. The Labute approximate surface area is 199 Å². The summed E-state index contributed by atoms with van der Waals surface area (Å²) in [7, 11) is 1.61. The summed E-state index contributed by atoms with van der Waals surface area (Å²) in [4.78, 5) is 18.2. The average molecular weight is 471 g/mol. The first-order valence-corrected chi connectivity index (χ1v) is 12.3. The fourth-order valence-electron chi connectivity index (χ4n) is 5.58. The number of carboxylic acid groups (broad SMARTS) is 1. The standard InChI is InChI=1S/C26H31ClN2O4/c1-16(25(30)31)24(18-4-5-18)19-6-3-17-7-8-26(33-22(17)13-19)9-11-29(12-10-26)21-14-23(32-2)28-15-20(21)27/h3,6,13-16,18,24H,4-5,7-12H2,1-2H3,(H,30,31). The third-order valence-electron chi connectivity index (χ3n) is 7.75. The van der Waals surface area contributed by atoms with Crippen molar-refractivity contribution in [2.75, 3.05) is 25.1 Å². The van der Waals surface area contributed by atoms with Gasteiger partial charge < -0.3 is 19.5 Å². The number of piperidine rings is 1. The summed E-state index contributed by atoms with van der Waals surface area (Å²) in [6.07, 6.45) is 7.68. The summed E-state index contributed by atoms with van der Waals surface area (Å²) in [5.74, 6) is 0.918. The lowest BCUT2D eigenvalue weighted by atomic mass is 9.80. The zero-order valence-corrected chi connectivity index (χ0v) is 20.0. The maximum Gasteiger partial charge on any atom is 0.306 e. The van der Waals surface area contributed by atoms with Gasteiger partial charge in [-0.3, -0.25) is 4.79 Å². The number of carbonyl (C=O) groups is 1. The van der Waals surface area contributed by atoms with Crippen molar-refractivity contribution < 1.29 is 19.4 Å². The first kappa shape index (κ1) is 22.3. The minimum atomic E-state index is -0.721. The second-order valence-corrected chi connectivity index (χ2v) is 10.2. The molecule has 1 aliphatic carbocycles. The van der Waals surface area contributed by atoms with Crippen LogP contribution in [0.15, 0.2) is 30.5 Å². The number of aliphatic carboxylic acids is 1. The van der Waals surface area contributed by atoms with Gasteiger partial charge in [-0.05, 0) is 54.7 Å². The van der Waals surface area contributed by atoms with Crippen molar-refractivity contribution in [3.63, 3.8) is 0 Å². The molecule has 1 N–H and O–H groups in total. The van der Waals surface area contributed by atoms with E-state index in [1.54, 1.807) is 13.3 Å². The number of pyridine rings is 1. The molecule has 2 fully saturated rings. The summed E-state index contributed by atoms with van der Waals surface area (Å²) in [6, 6.07) is 8.31. The van der Waals surface area contributed by atoms with Gasteiger partial charge in [-0.15, -0.1) is 0 Å². The Kier molecular flexibility index (Phi) is 5.89. The van der Waals surface area contributed by atoms with Gasteiger partial charge in [0.2, 0.25) is 5.88 Å². The van der Waals surface area contributed by atoms with E-state index in [4.69, 9.17) is 21.1 Å². The number of hydrogen-bond acceptors (Lipinski definition) is 5. The highest BCUT2D eigenvalue weighted by Crippen LogP contribution is 2.49. The molecule has 6 nitrogen and oxygen atoms in total. The molecule has 0 bridgehead atoms. The molecule has 33 heavy (non-hydrogen) atoms. The van der Waals surface area contributed by atoms with Crippen molar-refractivity contribution in [1.82, 2.24) is 4.98 Å². The summed E-state index contributed by atoms with van der Waals surface area (Å²) in [5, 5.41) is 10.3. The van der Waals surface area contributed by atoms with Crippen LogP contribution < -0.4 is 14.4 Å². The van der Waals surface area contributed by atoms with Crippen molar-refractivity contribution in [3.8, 4) is 11.6 Å². The summed E-state index contributed by atoms with van der Waals surface area (Å²) in [5.41, 5.74) is 3.11. The molecular weight excluding hydrogens is 440 g/mol. The Balaban J connectivity index is 1.33. The van der Waals surface area contributed by atoms with Gasteiger partial charge in [0.1, 0.15) is 11.4 Å². The van der Waals surface area contributed by atoms with Crippen LogP contribution in [0.3, 0.4) is 0 Å². The predicted octanol–water partition coefficient (Wildman–Crippen LogP) is 5.32. The summed E-state index contributed by atoms with van der Waals surface area (Å²) in [6.45, 7) is 3.54. The minimum absolute atomic E-state index is 0.0555. The SMILES string of the molecule is COc1cc(N2CCC3(CCc4ccc(C(C5CC5)C(C)C(=O)O)cc4O3)CC2)c(Cl)cn1. The van der Waals surface area contributed by atoms with Gasteiger partial charge >= 0.3 is 5.97 Å². The number of methoxy groups -OCH3 is 1. The highest BCUT2D eigenvalue weighted by atomic mass is 35.5. The van der Waals surface area contributed by atoms with E-state index in [1.165, 1.54) is 5.56 Å². The number of halogens is 1. The quantitative estimate of drug-likeness (QED) is 0.615. The van der Waals surface area contributed by atoms with Gasteiger partial charge in [-0.25, -0.2) is 4.98 Å². The van der Waals surface area contributed by atoms with Gasteiger partial charge in [0, 0.05) is 32.0 Å². The molecule has 2 aliphatic heterocycles. The maximum atomic E-state index is 11.7. The van der Waals surface area contributed by atoms with Crippen LogP contribution in [-0.4, -0.2) is 41.9 Å². The van der Waals surface area contributed by atoms with Crippen molar-refractivity contribution >= 4 is 23.3 Å². The largest absolute Gasteiger partial charge is 0.487 e. The lowest BCUT2D eigenvalue weighted by Gasteiger charge is -2.45. The number of anilines is 1. The number of nitrogens with zero attached hydrogens (tertiary/aromatic N) is 2. The third-order valence-corrected chi connectivity index (χ3v) is 8.04. The molecule has 0 amide bonds. The second-order valence-electron chi connectivity index (χ2n) is 9.81. The molecular formula is C26H31ClN2O4. The zero-order chi connectivity index (χ0) is 23.2. The molecule has 2 unspecified atom stereocenters. The van der Waals surface area contributed by atoms with Gasteiger partial charge in [0.15, 0.2) is 0 Å². The van der Waals surface area contributed by atoms with Crippen molar-refractivity contribution in [3.05, 3.63) is 46.6 Å². The smallest absolute Gasteiger partial charge is 0.306 e. The topological polar surface area (TPSA) is 71.9 Å².